The first-order valence-electron chi connectivity index (χ1n) is 7.32. The zero-order valence-electron chi connectivity index (χ0n) is 13.8. The lowest BCUT2D eigenvalue weighted by Crippen LogP contribution is -2.22. The van der Waals surface area contributed by atoms with Gasteiger partial charge in [-0.2, -0.15) is 0 Å². The molecule has 0 unspecified atom stereocenters. The van der Waals surface area contributed by atoms with Gasteiger partial charge in [-0.25, -0.2) is 13.6 Å². The van der Waals surface area contributed by atoms with Gasteiger partial charge in [0.25, 0.3) is 5.91 Å². The number of aromatic nitrogens is 1. The molecule has 8 heteroatoms. The Balaban J connectivity index is 2.03. The predicted molar refractivity (Wildman–Crippen MR) is 85.5 cm³/mol. The van der Waals surface area contributed by atoms with Crippen LogP contribution in [0.2, 0.25) is 0 Å². The molecule has 0 saturated heterocycles. The summed E-state index contributed by atoms with van der Waals surface area (Å²) < 4.78 is 31.3. The molecule has 6 nitrogen and oxygen atoms in total. The number of Topliss-reactive ketones (excluding diaryl/α,β-unsaturated/α-hetero) is 1. The van der Waals surface area contributed by atoms with Gasteiger partial charge in [-0.05, 0) is 38.5 Å². The van der Waals surface area contributed by atoms with Crippen molar-refractivity contribution in [3.8, 4) is 0 Å². The van der Waals surface area contributed by atoms with Crippen LogP contribution in [0, 0.1) is 25.5 Å². The third-order valence-corrected chi connectivity index (χ3v) is 3.53. The second kappa shape index (κ2) is 7.25. The fourth-order valence-electron chi connectivity index (χ4n) is 2.47. The molecule has 2 N–H and O–H groups in total. The number of rotatable bonds is 5. The van der Waals surface area contributed by atoms with Gasteiger partial charge in [-0.3, -0.25) is 9.59 Å². The minimum Gasteiger partial charge on any atom is -0.451 e. The second-order valence-corrected chi connectivity index (χ2v) is 5.43. The number of aromatic amines is 1. The standard InChI is InChI=1S/C17H16F2N2O4/c1-8-15(10(3)22)9(2)20-16(8)17(24)25-7-14(23)21-13-6-11(18)4-5-12(13)19/h4-6,20H,7H2,1-3H3,(H,21,23). The average molecular weight is 350 g/mol. The van der Waals surface area contributed by atoms with Gasteiger partial charge in [0.2, 0.25) is 0 Å². The average Bonchev–Trinajstić information content (AvgIpc) is 2.83. The Labute approximate surface area is 142 Å². The van der Waals surface area contributed by atoms with Crippen LogP contribution in [0.5, 0.6) is 0 Å². The first-order chi connectivity index (χ1) is 11.7. The van der Waals surface area contributed by atoms with E-state index in [2.05, 4.69) is 10.3 Å². The van der Waals surface area contributed by atoms with Crippen molar-refractivity contribution < 1.29 is 27.9 Å². The Kier molecular flexibility index (Phi) is 5.31. The van der Waals surface area contributed by atoms with Crippen molar-refractivity contribution >= 4 is 23.3 Å². The maximum Gasteiger partial charge on any atom is 0.355 e. The van der Waals surface area contributed by atoms with Crippen molar-refractivity contribution in [3.05, 3.63) is 52.3 Å². The molecule has 1 aromatic heterocycles. The highest BCUT2D eigenvalue weighted by Gasteiger charge is 2.21. The molecule has 2 rings (SSSR count). The summed E-state index contributed by atoms with van der Waals surface area (Å²) in [6, 6.07) is 2.59. The van der Waals surface area contributed by atoms with Crippen molar-refractivity contribution in [1.29, 1.82) is 0 Å². The van der Waals surface area contributed by atoms with Gasteiger partial charge in [0.15, 0.2) is 12.4 Å². The van der Waals surface area contributed by atoms with E-state index in [1.807, 2.05) is 0 Å². The fraction of sp³-hybridized carbons (Fsp3) is 0.235. The lowest BCUT2D eigenvalue weighted by molar-refractivity contribution is -0.119. The van der Waals surface area contributed by atoms with Crippen molar-refractivity contribution in [3.63, 3.8) is 0 Å². The Bertz CT molecular complexity index is 859. The minimum atomic E-state index is -0.831. The number of benzene rings is 1. The summed E-state index contributed by atoms with van der Waals surface area (Å²) in [5.74, 6) is -3.40. The van der Waals surface area contributed by atoms with E-state index in [9.17, 15) is 23.2 Å². The first-order valence-corrected chi connectivity index (χ1v) is 7.32. The van der Waals surface area contributed by atoms with E-state index < -0.39 is 30.1 Å². The number of ether oxygens (including phenoxy) is 1. The largest absolute Gasteiger partial charge is 0.451 e. The maximum absolute atomic E-state index is 13.4. The number of aryl methyl sites for hydroxylation is 1. The summed E-state index contributed by atoms with van der Waals surface area (Å²) in [6.07, 6.45) is 0. The molecule has 25 heavy (non-hydrogen) atoms. The number of ketones is 1. The highest BCUT2D eigenvalue weighted by atomic mass is 19.1. The summed E-state index contributed by atoms with van der Waals surface area (Å²) in [5.41, 5.74) is 1.03. The number of H-pyrrole nitrogens is 1. The highest BCUT2D eigenvalue weighted by molar-refractivity contribution is 6.01. The van der Waals surface area contributed by atoms with Crippen molar-refractivity contribution in [1.82, 2.24) is 4.98 Å². The van der Waals surface area contributed by atoms with Crippen molar-refractivity contribution in [2.45, 2.75) is 20.8 Å². The van der Waals surface area contributed by atoms with E-state index in [0.29, 0.717) is 16.8 Å². The van der Waals surface area contributed by atoms with Gasteiger partial charge >= 0.3 is 5.97 Å². The van der Waals surface area contributed by atoms with Crippen LogP contribution in [0.3, 0.4) is 0 Å². The van der Waals surface area contributed by atoms with Crippen molar-refractivity contribution in [2.75, 3.05) is 11.9 Å². The van der Waals surface area contributed by atoms with Crippen LogP contribution in [0.15, 0.2) is 18.2 Å². The van der Waals surface area contributed by atoms with Gasteiger partial charge in [0.1, 0.15) is 17.3 Å². The SMILES string of the molecule is CC(=O)c1c(C)[nH]c(C(=O)OCC(=O)Nc2cc(F)ccc2F)c1C. The van der Waals surface area contributed by atoms with Gasteiger partial charge in [0.05, 0.1) is 5.69 Å². The number of amides is 1. The third kappa shape index (κ3) is 4.09. The van der Waals surface area contributed by atoms with Crippen LogP contribution < -0.4 is 5.32 Å². The van der Waals surface area contributed by atoms with Gasteiger partial charge in [0, 0.05) is 17.3 Å². The Hall–Kier alpha value is -3.03. The molecule has 0 bridgehead atoms. The number of carbonyl (C=O) groups is 3. The maximum atomic E-state index is 13.4. The Morgan fingerprint density at radius 1 is 1.20 bits per heavy atom. The monoisotopic (exact) mass is 350 g/mol. The molecular formula is C17H16F2N2O4. The zero-order valence-corrected chi connectivity index (χ0v) is 13.8. The molecule has 0 aliphatic carbocycles. The quantitative estimate of drug-likeness (QED) is 0.641. The number of hydrogen-bond donors (Lipinski definition) is 2. The van der Waals surface area contributed by atoms with Crippen LogP contribution in [-0.4, -0.2) is 29.3 Å². The predicted octanol–water partition coefficient (Wildman–Crippen LogP) is 2.91. The minimum absolute atomic E-state index is 0.0624. The summed E-state index contributed by atoms with van der Waals surface area (Å²) in [5, 5.41) is 2.11. The highest BCUT2D eigenvalue weighted by Crippen LogP contribution is 2.19. The summed E-state index contributed by atoms with van der Waals surface area (Å²) in [6.45, 7) is 3.90. The van der Waals surface area contributed by atoms with E-state index >= 15 is 0 Å². The third-order valence-electron chi connectivity index (χ3n) is 3.53. The van der Waals surface area contributed by atoms with E-state index in [0.717, 1.165) is 18.2 Å². The molecule has 0 aliphatic rings. The number of halogens is 2. The van der Waals surface area contributed by atoms with E-state index in [4.69, 9.17) is 4.74 Å². The van der Waals surface area contributed by atoms with Gasteiger partial charge in [-0.1, -0.05) is 0 Å². The lowest BCUT2D eigenvalue weighted by atomic mass is 10.1. The summed E-state index contributed by atoms with van der Waals surface area (Å²) in [4.78, 5) is 38.1. The van der Waals surface area contributed by atoms with Crippen LogP contribution >= 0.6 is 0 Å². The number of esters is 1. The lowest BCUT2D eigenvalue weighted by Gasteiger charge is -2.07. The smallest absolute Gasteiger partial charge is 0.355 e. The molecule has 2 aromatic rings. The molecular weight excluding hydrogens is 334 g/mol. The van der Waals surface area contributed by atoms with Gasteiger partial charge < -0.3 is 15.0 Å². The molecule has 132 valence electrons. The molecule has 1 aromatic carbocycles. The molecule has 1 heterocycles. The molecule has 0 saturated carbocycles. The normalized spacial score (nSPS) is 10.4. The number of nitrogens with one attached hydrogen (secondary N) is 2. The molecule has 0 fully saturated rings. The Morgan fingerprint density at radius 3 is 2.48 bits per heavy atom. The number of carbonyl (C=O) groups excluding carboxylic acids is 3. The molecule has 0 radical (unpaired) electrons. The van der Waals surface area contributed by atoms with Crippen LogP contribution in [0.4, 0.5) is 14.5 Å². The van der Waals surface area contributed by atoms with Crippen molar-refractivity contribution in [2.24, 2.45) is 0 Å². The number of hydrogen-bond acceptors (Lipinski definition) is 4. The summed E-state index contributed by atoms with van der Waals surface area (Å²) >= 11 is 0. The van der Waals surface area contributed by atoms with Crippen LogP contribution in [-0.2, 0) is 9.53 Å². The van der Waals surface area contributed by atoms with Gasteiger partial charge in [-0.15, -0.1) is 0 Å². The number of anilines is 1. The van der Waals surface area contributed by atoms with Crippen LogP contribution in [0.1, 0.15) is 39.0 Å². The zero-order chi connectivity index (χ0) is 18.7. The topological polar surface area (TPSA) is 88.3 Å². The summed E-state index contributed by atoms with van der Waals surface area (Å²) in [7, 11) is 0. The van der Waals surface area contributed by atoms with Crippen LogP contribution in [0.25, 0.3) is 0 Å². The van der Waals surface area contributed by atoms with E-state index in [1.165, 1.54) is 6.92 Å². The fourth-order valence-corrected chi connectivity index (χ4v) is 2.47. The molecule has 0 atom stereocenters. The molecule has 1 amide bonds. The molecule has 0 spiro atoms. The first kappa shape index (κ1) is 18.3. The van der Waals surface area contributed by atoms with E-state index in [-0.39, 0.29) is 17.2 Å². The second-order valence-electron chi connectivity index (χ2n) is 5.43. The molecule has 0 aliphatic heterocycles. The van der Waals surface area contributed by atoms with E-state index in [1.54, 1.807) is 13.8 Å². The Morgan fingerprint density at radius 2 is 1.88 bits per heavy atom.